The van der Waals surface area contributed by atoms with Gasteiger partial charge in [0.15, 0.2) is 5.78 Å². The maximum absolute atomic E-state index is 12.1. The van der Waals surface area contributed by atoms with Gasteiger partial charge in [0.1, 0.15) is 11.9 Å². The van der Waals surface area contributed by atoms with Crippen molar-refractivity contribution in [1.29, 1.82) is 0 Å². The number of hydrogen-bond acceptors (Lipinski definition) is 3. The Morgan fingerprint density at radius 2 is 2.05 bits per heavy atom. The maximum atomic E-state index is 12.1. The van der Waals surface area contributed by atoms with E-state index in [1.807, 2.05) is 0 Å². The van der Waals surface area contributed by atoms with Gasteiger partial charge in [-0.1, -0.05) is 12.1 Å². The number of ketones is 1. The van der Waals surface area contributed by atoms with Gasteiger partial charge in [0.25, 0.3) is 0 Å². The lowest BCUT2D eigenvalue weighted by Gasteiger charge is -2.14. The number of Topliss-reactive ketones (excluding diaryl/α,β-unsaturated/α-hetero) is 1. The van der Waals surface area contributed by atoms with Gasteiger partial charge in [-0.15, -0.1) is 13.2 Å². The molecule has 1 aliphatic carbocycles. The van der Waals surface area contributed by atoms with Crippen molar-refractivity contribution >= 4 is 5.78 Å². The molecule has 1 aliphatic rings. The van der Waals surface area contributed by atoms with E-state index in [4.69, 9.17) is 4.74 Å². The highest BCUT2D eigenvalue weighted by molar-refractivity contribution is 6.00. The van der Waals surface area contributed by atoms with Gasteiger partial charge < -0.3 is 9.47 Å². The number of halogens is 3. The van der Waals surface area contributed by atoms with Crippen LogP contribution in [0, 0.1) is 5.92 Å². The summed E-state index contributed by atoms with van der Waals surface area (Å²) in [4.78, 5) is 12.1. The number of carbonyl (C=O) groups is 1. The summed E-state index contributed by atoms with van der Waals surface area (Å²) in [6.07, 6.45) is -3.54. The Morgan fingerprint density at radius 1 is 1.37 bits per heavy atom. The monoisotopic (exact) mass is 274 g/mol. The molecule has 104 valence electrons. The molecule has 0 bridgehead atoms. The van der Waals surface area contributed by atoms with Gasteiger partial charge in [-0.05, 0) is 30.9 Å². The maximum Gasteiger partial charge on any atom is 0.573 e. The number of alkyl halides is 3. The fourth-order valence-electron chi connectivity index (χ4n) is 1.92. The van der Waals surface area contributed by atoms with Gasteiger partial charge in [0.05, 0.1) is 0 Å². The summed E-state index contributed by atoms with van der Waals surface area (Å²) >= 11 is 0. The Balaban J connectivity index is 2.15. The SMILES string of the molecule is COC(C(=O)c1cccc(OC(F)(F)F)c1)C1CC1. The molecule has 1 fully saturated rings. The third-order valence-electron chi connectivity index (χ3n) is 2.91. The molecule has 0 aromatic heterocycles. The Bertz CT molecular complexity index is 466. The zero-order valence-corrected chi connectivity index (χ0v) is 10.2. The quantitative estimate of drug-likeness (QED) is 0.773. The molecule has 1 unspecified atom stereocenters. The molecule has 1 aromatic carbocycles. The zero-order chi connectivity index (χ0) is 14.0. The van der Waals surface area contributed by atoms with Crippen LogP contribution in [0.2, 0.25) is 0 Å². The molecule has 1 saturated carbocycles. The van der Waals surface area contributed by atoms with Crippen LogP contribution in [-0.2, 0) is 4.74 Å². The zero-order valence-electron chi connectivity index (χ0n) is 10.2. The van der Waals surface area contributed by atoms with E-state index < -0.39 is 18.2 Å². The highest BCUT2D eigenvalue weighted by atomic mass is 19.4. The second kappa shape index (κ2) is 5.21. The highest BCUT2D eigenvalue weighted by Crippen LogP contribution is 2.36. The topological polar surface area (TPSA) is 35.5 Å². The molecule has 0 aliphatic heterocycles. The smallest absolute Gasteiger partial charge is 0.406 e. The van der Waals surface area contributed by atoms with Crippen LogP contribution < -0.4 is 4.74 Å². The molecule has 0 saturated heterocycles. The molecule has 3 nitrogen and oxygen atoms in total. The van der Waals surface area contributed by atoms with Gasteiger partial charge in [0, 0.05) is 12.7 Å². The van der Waals surface area contributed by atoms with Crippen LogP contribution in [0.4, 0.5) is 13.2 Å². The molecular weight excluding hydrogens is 261 g/mol. The van der Waals surface area contributed by atoms with Gasteiger partial charge in [-0.3, -0.25) is 4.79 Å². The first-order valence-electron chi connectivity index (χ1n) is 5.83. The van der Waals surface area contributed by atoms with Crippen molar-refractivity contribution in [3.05, 3.63) is 29.8 Å². The first-order valence-corrected chi connectivity index (χ1v) is 5.83. The minimum absolute atomic E-state index is 0.167. The van der Waals surface area contributed by atoms with E-state index >= 15 is 0 Å². The predicted molar refractivity (Wildman–Crippen MR) is 61.0 cm³/mol. The molecule has 6 heteroatoms. The molecule has 0 radical (unpaired) electrons. The van der Waals surface area contributed by atoms with Gasteiger partial charge in [-0.2, -0.15) is 0 Å². The summed E-state index contributed by atoms with van der Waals surface area (Å²) in [6.45, 7) is 0. The number of methoxy groups -OCH3 is 1. The highest BCUT2D eigenvalue weighted by Gasteiger charge is 2.37. The summed E-state index contributed by atoms with van der Waals surface area (Å²) in [5, 5.41) is 0. The lowest BCUT2D eigenvalue weighted by Crippen LogP contribution is -2.25. The average molecular weight is 274 g/mol. The van der Waals surface area contributed by atoms with Crippen LogP contribution in [-0.4, -0.2) is 25.4 Å². The Hall–Kier alpha value is -1.56. The lowest BCUT2D eigenvalue weighted by atomic mass is 10.0. The summed E-state index contributed by atoms with van der Waals surface area (Å²) in [6, 6.07) is 5.06. The lowest BCUT2D eigenvalue weighted by molar-refractivity contribution is -0.274. The summed E-state index contributed by atoms with van der Waals surface area (Å²) in [5.41, 5.74) is 0.167. The number of carbonyl (C=O) groups excluding carboxylic acids is 1. The summed E-state index contributed by atoms with van der Waals surface area (Å²) in [5.74, 6) is -0.536. The van der Waals surface area contributed by atoms with Gasteiger partial charge >= 0.3 is 6.36 Å². The van der Waals surface area contributed by atoms with Crippen molar-refractivity contribution in [1.82, 2.24) is 0 Å². The van der Waals surface area contributed by atoms with E-state index in [2.05, 4.69) is 4.74 Å². The van der Waals surface area contributed by atoms with E-state index in [1.54, 1.807) is 0 Å². The van der Waals surface area contributed by atoms with E-state index in [-0.39, 0.29) is 17.3 Å². The van der Waals surface area contributed by atoms with Crippen LogP contribution in [0.1, 0.15) is 23.2 Å². The fraction of sp³-hybridized carbons (Fsp3) is 0.462. The first kappa shape index (κ1) is 13.9. The summed E-state index contributed by atoms with van der Waals surface area (Å²) in [7, 11) is 1.43. The van der Waals surface area contributed by atoms with E-state index in [1.165, 1.54) is 19.2 Å². The molecule has 0 N–H and O–H groups in total. The van der Waals surface area contributed by atoms with Crippen molar-refractivity contribution in [3.63, 3.8) is 0 Å². The van der Waals surface area contributed by atoms with Crippen molar-refractivity contribution in [2.45, 2.75) is 25.3 Å². The number of rotatable bonds is 5. The average Bonchev–Trinajstić information content (AvgIpc) is 3.12. The van der Waals surface area contributed by atoms with Crippen molar-refractivity contribution in [2.75, 3.05) is 7.11 Å². The normalized spacial score (nSPS) is 17.1. The minimum Gasteiger partial charge on any atom is -0.406 e. The van der Waals surface area contributed by atoms with E-state index in [0.717, 1.165) is 25.0 Å². The molecular formula is C13H13F3O3. The molecule has 19 heavy (non-hydrogen) atoms. The second-order valence-electron chi connectivity index (χ2n) is 4.43. The third kappa shape index (κ3) is 3.70. The summed E-state index contributed by atoms with van der Waals surface area (Å²) < 4.78 is 45.2. The Labute approximate surface area is 108 Å². The van der Waals surface area contributed by atoms with Gasteiger partial charge in [-0.25, -0.2) is 0 Å². The fourth-order valence-corrected chi connectivity index (χ4v) is 1.92. The van der Waals surface area contributed by atoms with Crippen LogP contribution >= 0.6 is 0 Å². The number of benzene rings is 1. The second-order valence-corrected chi connectivity index (χ2v) is 4.43. The van der Waals surface area contributed by atoms with Crippen LogP contribution in [0.25, 0.3) is 0 Å². The van der Waals surface area contributed by atoms with Crippen molar-refractivity contribution in [2.24, 2.45) is 5.92 Å². The van der Waals surface area contributed by atoms with Crippen LogP contribution in [0.5, 0.6) is 5.75 Å². The third-order valence-corrected chi connectivity index (χ3v) is 2.91. The molecule has 1 aromatic rings. The molecule has 0 amide bonds. The molecule has 0 spiro atoms. The molecule has 2 rings (SSSR count). The van der Waals surface area contributed by atoms with E-state index in [9.17, 15) is 18.0 Å². The predicted octanol–water partition coefficient (Wildman–Crippen LogP) is 3.19. The minimum atomic E-state index is -4.77. The first-order chi connectivity index (χ1) is 8.90. The number of ether oxygens (including phenoxy) is 2. The van der Waals surface area contributed by atoms with E-state index in [0.29, 0.717) is 0 Å². The Kier molecular flexibility index (Phi) is 3.80. The largest absolute Gasteiger partial charge is 0.573 e. The Morgan fingerprint density at radius 3 is 2.58 bits per heavy atom. The van der Waals surface area contributed by atoms with Crippen molar-refractivity contribution < 1.29 is 27.4 Å². The molecule has 0 heterocycles. The van der Waals surface area contributed by atoms with Crippen LogP contribution in [0.3, 0.4) is 0 Å². The molecule has 1 atom stereocenters. The van der Waals surface area contributed by atoms with Crippen molar-refractivity contribution in [3.8, 4) is 5.75 Å². The standard InChI is InChI=1S/C13H13F3O3/c1-18-12(8-5-6-8)11(17)9-3-2-4-10(7-9)19-13(14,15)16/h2-4,7-8,12H,5-6H2,1H3. The van der Waals surface area contributed by atoms with Crippen LogP contribution in [0.15, 0.2) is 24.3 Å². The number of hydrogen-bond donors (Lipinski definition) is 0. The van der Waals surface area contributed by atoms with Gasteiger partial charge in [0.2, 0.25) is 0 Å².